The molecule has 8 heteroatoms. The van der Waals surface area contributed by atoms with Crippen LogP contribution in [0.25, 0.3) is 10.9 Å². The smallest absolute Gasteiger partial charge is 0.224 e. The van der Waals surface area contributed by atoms with Gasteiger partial charge >= 0.3 is 0 Å². The molecular weight excluding hydrogens is 444 g/mol. The molecule has 7 nitrogen and oxygen atoms in total. The molecule has 1 aromatic carbocycles. The number of amides is 1. The minimum absolute atomic E-state index is 0.165. The largest absolute Gasteiger partial charge is 0.369 e. The van der Waals surface area contributed by atoms with Crippen LogP contribution in [0.3, 0.4) is 0 Å². The van der Waals surface area contributed by atoms with Gasteiger partial charge in [0.15, 0.2) is 0 Å². The minimum atomic E-state index is 0.165. The maximum absolute atomic E-state index is 13.1. The Labute approximate surface area is 204 Å². The lowest BCUT2D eigenvalue weighted by atomic mass is 9.49. The van der Waals surface area contributed by atoms with E-state index in [1.54, 1.807) is 0 Å². The number of nitrogens with one attached hydrogen (secondary N) is 3. The average molecular weight is 477 g/mol. The molecule has 3 N–H and O–H groups in total. The summed E-state index contributed by atoms with van der Waals surface area (Å²) in [6.45, 7) is 2.28. The van der Waals surface area contributed by atoms with E-state index in [-0.39, 0.29) is 11.3 Å². The van der Waals surface area contributed by atoms with Crippen molar-refractivity contribution >= 4 is 39.8 Å². The first-order chi connectivity index (χ1) is 16.6. The van der Waals surface area contributed by atoms with E-state index >= 15 is 0 Å². The molecule has 7 rings (SSSR count). The number of hydrogen-bond donors (Lipinski definition) is 3. The molecule has 2 heterocycles. The highest BCUT2D eigenvalue weighted by molar-refractivity contribution is 7.03. The molecule has 0 spiro atoms. The fourth-order valence-corrected chi connectivity index (χ4v) is 7.61. The highest BCUT2D eigenvalue weighted by Crippen LogP contribution is 2.61. The molecule has 34 heavy (non-hydrogen) atoms. The normalized spacial score (nSPS) is 27.2. The van der Waals surface area contributed by atoms with E-state index in [1.165, 1.54) is 50.1 Å². The van der Waals surface area contributed by atoms with Crippen molar-refractivity contribution in [2.75, 3.05) is 23.7 Å². The maximum Gasteiger partial charge on any atom is 0.224 e. The second kappa shape index (κ2) is 9.23. The van der Waals surface area contributed by atoms with Gasteiger partial charge in [-0.25, -0.2) is 4.98 Å². The first-order valence-electron chi connectivity index (χ1n) is 12.5. The fourth-order valence-electron chi connectivity index (χ4n) is 7.16. The zero-order valence-electron chi connectivity index (χ0n) is 19.4. The molecule has 1 amide bonds. The summed E-state index contributed by atoms with van der Waals surface area (Å²) in [7, 11) is 0. The Hall–Kier alpha value is -2.58. The Kier molecular flexibility index (Phi) is 5.95. The van der Waals surface area contributed by atoms with Gasteiger partial charge in [-0.1, -0.05) is 10.6 Å². The molecule has 0 aliphatic heterocycles. The van der Waals surface area contributed by atoms with Crippen LogP contribution in [0.4, 0.5) is 11.5 Å². The van der Waals surface area contributed by atoms with Gasteiger partial charge in [0, 0.05) is 36.8 Å². The first-order valence-corrected chi connectivity index (χ1v) is 13.4. The molecule has 4 fully saturated rings. The Morgan fingerprint density at radius 1 is 1.03 bits per heavy atom. The molecular formula is C26H32N6OS. The molecule has 4 saturated carbocycles. The van der Waals surface area contributed by atoms with Gasteiger partial charge in [-0.05, 0) is 97.5 Å². The van der Waals surface area contributed by atoms with Crippen molar-refractivity contribution in [3.05, 3.63) is 41.4 Å². The number of rotatable bonds is 9. The quantitative estimate of drug-likeness (QED) is 0.383. The van der Waals surface area contributed by atoms with Gasteiger partial charge in [0.05, 0.1) is 16.9 Å². The van der Waals surface area contributed by atoms with Gasteiger partial charge in [0.1, 0.15) is 5.82 Å². The van der Waals surface area contributed by atoms with E-state index in [9.17, 15) is 4.79 Å². The predicted octanol–water partition coefficient (Wildman–Crippen LogP) is 4.83. The third kappa shape index (κ3) is 4.66. The van der Waals surface area contributed by atoms with Crippen LogP contribution in [-0.2, 0) is 11.3 Å². The molecule has 2 aromatic heterocycles. The van der Waals surface area contributed by atoms with Gasteiger partial charge in [-0.3, -0.25) is 4.79 Å². The molecule has 4 bridgehead atoms. The number of nitrogens with zero attached hydrogens (tertiary/aromatic N) is 3. The summed E-state index contributed by atoms with van der Waals surface area (Å²) >= 11 is 1.37. The summed E-state index contributed by atoms with van der Waals surface area (Å²) in [5.41, 5.74) is 2.97. The van der Waals surface area contributed by atoms with E-state index in [4.69, 9.17) is 4.98 Å². The third-order valence-electron chi connectivity index (χ3n) is 8.03. The number of fused-ring (bicyclic) bond motifs is 1. The van der Waals surface area contributed by atoms with E-state index in [0.29, 0.717) is 6.42 Å². The lowest BCUT2D eigenvalue weighted by Gasteiger charge is -2.56. The predicted molar refractivity (Wildman–Crippen MR) is 136 cm³/mol. The van der Waals surface area contributed by atoms with Gasteiger partial charge < -0.3 is 16.0 Å². The number of aromatic nitrogens is 3. The number of pyridine rings is 1. The van der Waals surface area contributed by atoms with Crippen molar-refractivity contribution in [3.63, 3.8) is 0 Å². The summed E-state index contributed by atoms with van der Waals surface area (Å²) in [5, 5.41) is 16.9. The highest BCUT2D eigenvalue weighted by Gasteiger charge is 2.51. The van der Waals surface area contributed by atoms with Crippen molar-refractivity contribution in [3.8, 4) is 0 Å². The van der Waals surface area contributed by atoms with Gasteiger partial charge in [0.2, 0.25) is 5.91 Å². The molecule has 0 unspecified atom stereocenters. The lowest BCUT2D eigenvalue weighted by Crippen LogP contribution is -2.47. The molecule has 0 atom stereocenters. The summed E-state index contributed by atoms with van der Waals surface area (Å²) in [6.07, 6.45) is 8.67. The van der Waals surface area contributed by atoms with E-state index in [2.05, 4.69) is 31.6 Å². The SMILES string of the molecule is O=C(CC12CC3CC(CC(C3)C1)C2)Nc1cccc2nc(NCCNCc3csnn3)ccc12. The highest BCUT2D eigenvalue weighted by atomic mass is 32.1. The molecule has 4 aliphatic carbocycles. The van der Waals surface area contributed by atoms with Crippen LogP contribution in [0.5, 0.6) is 0 Å². The van der Waals surface area contributed by atoms with Crippen LogP contribution in [-0.4, -0.2) is 33.6 Å². The zero-order chi connectivity index (χ0) is 23.0. The monoisotopic (exact) mass is 476 g/mol. The summed E-state index contributed by atoms with van der Waals surface area (Å²) in [6, 6.07) is 10.0. The Morgan fingerprint density at radius 2 is 1.82 bits per heavy atom. The van der Waals surface area contributed by atoms with Gasteiger partial charge in [-0.15, -0.1) is 5.10 Å². The Bertz CT molecular complexity index is 1130. The van der Waals surface area contributed by atoms with Crippen LogP contribution < -0.4 is 16.0 Å². The third-order valence-corrected chi connectivity index (χ3v) is 8.58. The van der Waals surface area contributed by atoms with Crippen LogP contribution in [0.1, 0.15) is 50.6 Å². The summed E-state index contributed by atoms with van der Waals surface area (Å²) < 4.78 is 3.87. The number of anilines is 2. The average Bonchev–Trinajstić information content (AvgIpc) is 3.31. The second-order valence-corrected chi connectivity index (χ2v) is 11.3. The van der Waals surface area contributed by atoms with Crippen molar-refractivity contribution in [1.82, 2.24) is 19.9 Å². The van der Waals surface area contributed by atoms with E-state index in [1.807, 2.05) is 29.6 Å². The van der Waals surface area contributed by atoms with Crippen molar-refractivity contribution in [2.45, 2.75) is 51.5 Å². The zero-order valence-corrected chi connectivity index (χ0v) is 20.2. The lowest BCUT2D eigenvalue weighted by molar-refractivity contribution is -0.124. The topological polar surface area (TPSA) is 91.8 Å². The van der Waals surface area contributed by atoms with Crippen molar-refractivity contribution in [1.29, 1.82) is 0 Å². The van der Waals surface area contributed by atoms with E-state index < -0.39 is 0 Å². The number of carbonyl (C=O) groups excluding carboxylic acids is 1. The number of benzene rings is 1. The Morgan fingerprint density at radius 3 is 2.56 bits per heavy atom. The molecule has 0 radical (unpaired) electrons. The fraction of sp³-hybridized carbons (Fsp3) is 0.538. The molecule has 4 aliphatic rings. The van der Waals surface area contributed by atoms with Crippen molar-refractivity contribution in [2.24, 2.45) is 23.2 Å². The summed E-state index contributed by atoms with van der Waals surface area (Å²) in [4.78, 5) is 17.9. The second-order valence-electron chi connectivity index (χ2n) is 10.7. The number of hydrogen-bond acceptors (Lipinski definition) is 7. The Balaban J connectivity index is 1.06. The first kappa shape index (κ1) is 21.9. The van der Waals surface area contributed by atoms with Crippen molar-refractivity contribution < 1.29 is 4.79 Å². The molecule has 178 valence electrons. The standard InChI is InChI=1S/C26H32N6OS/c33-25(14-26-11-17-8-18(12-26)10-19(9-17)13-26)30-23-3-1-2-22-21(23)4-5-24(29-22)28-7-6-27-15-20-16-34-32-31-20/h1-5,16-19,27H,6-15H2,(H,28,29)(H,30,33). The number of carbonyl (C=O) groups is 1. The van der Waals surface area contributed by atoms with Crippen LogP contribution in [0, 0.1) is 23.2 Å². The van der Waals surface area contributed by atoms with Crippen LogP contribution in [0.15, 0.2) is 35.7 Å². The van der Waals surface area contributed by atoms with Crippen LogP contribution >= 0.6 is 11.5 Å². The van der Waals surface area contributed by atoms with Crippen LogP contribution in [0.2, 0.25) is 0 Å². The summed E-state index contributed by atoms with van der Waals surface area (Å²) in [5.74, 6) is 3.60. The van der Waals surface area contributed by atoms with Gasteiger partial charge in [-0.2, -0.15) is 0 Å². The van der Waals surface area contributed by atoms with Gasteiger partial charge in [0.25, 0.3) is 0 Å². The minimum Gasteiger partial charge on any atom is -0.369 e. The molecule has 0 saturated heterocycles. The molecule has 3 aromatic rings. The maximum atomic E-state index is 13.1. The van der Waals surface area contributed by atoms with E-state index in [0.717, 1.165) is 65.5 Å².